The molecule has 1 atom stereocenters. The topological polar surface area (TPSA) is 121 Å². The van der Waals surface area contributed by atoms with E-state index in [0.717, 1.165) is 0 Å². The number of nitrogens with one attached hydrogen (secondary N) is 3. The Balaban J connectivity index is 1.61. The summed E-state index contributed by atoms with van der Waals surface area (Å²) in [6.45, 7) is 1.75. The van der Waals surface area contributed by atoms with Crippen LogP contribution in [0.3, 0.4) is 0 Å². The number of likely N-dealkylation sites (N-methyl/N-ethyl adjacent to an activating group) is 1. The van der Waals surface area contributed by atoms with Gasteiger partial charge in [0, 0.05) is 17.7 Å². The van der Waals surface area contributed by atoms with Crippen molar-refractivity contribution in [2.75, 3.05) is 19.3 Å². The first-order valence-electron chi connectivity index (χ1n) is 9.18. The molecule has 1 fully saturated rings. The van der Waals surface area contributed by atoms with Crippen molar-refractivity contribution in [3.63, 3.8) is 0 Å². The monoisotopic (exact) mass is 430 g/mol. The third-order valence-corrected chi connectivity index (χ3v) is 5.91. The number of benzene rings is 1. The summed E-state index contributed by atoms with van der Waals surface area (Å²) in [7, 11) is 1.54. The minimum atomic E-state index is -1.06. The molecule has 0 bridgehead atoms. The van der Waals surface area contributed by atoms with Crippen molar-refractivity contribution >= 4 is 35.5 Å². The fourth-order valence-electron chi connectivity index (χ4n) is 2.82. The minimum Gasteiger partial charge on any atom is -0.467 e. The van der Waals surface area contributed by atoms with E-state index in [-0.39, 0.29) is 30.7 Å². The number of thioether (sulfide) groups is 1. The Bertz CT molecular complexity index is 962. The molecule has 1 aliphatic rings. The van der Waals surface area contributed by atoms with Crippen molar-refractivity contribution in [3.8, 4) is 0 Å². The van der Waals surface area contributed by atoms with Crippen LogP contribution >= 0.6 is 11.8 Å². The maximum atomic E-state index is 12.9. The van der Waals surface area contributed by atoms with Crippen LogP contribution in [0.2, 0.25) is 0 Å². The number of rotatable bonds is 8. The van der Waals surface area contributed by atoms with Crippen LogP contribution in [0.1, 0.15) is 23.0 Å². The largest absolute Gasteiger partial charge is 0.467 e. The molecular formula is C20H22N4O5S. The predicted octanol–water partition coefficient (Wildman–Crippen LogP) is 1.36. The van der Waals surface area contributed by atoms with E-state index in [9.17, 15) is 19.2 Å². The Kier molecular flexibility index (Phi) is 6.46. The number of carbonyl (C=O) groups is 4. The average Bonchev–Trinajstić information content (AvgIpc) is 3.32. The number of urea groups is 1. The van der Waals surface area contributed by atoms with Gasteiger partial charge < -0.3 is 20.0 Å². The van der Waals surface area contributed by atoms with Gasteiger partial charge in [-0.2, -0.15) is 0 Å². The molecule has 1 aromatic heterocycles. The van der Waals surface area contributed by atoms with Crippen LogP contribution in [-0.4, -0.2) is 53.5 Å². The summed E-state index contributed by atoms with van der Waals surface area (Å²) in [5.41, 5.74) is -0.646. The second-order valence-corrected chi connectivity index (χ2v) is 8.06. The SMILES string of the molecule is CN(CC(=O)NCc1ccco1)C(=O)c1ccccc1SCC1(C)NC(=O)NC1=O. The highest BCUT2D eigenvalue weighted by atomic mass is 32.2. The van der Waals surface area contributed by atoms with E-state index in [1.54, 1.807) is 50.4 Å². The Morgan fingerprint density at radius 2 is 1.97 bits per heavy atom. The number of hydrogen-bond acceptors (Lipinski definition) is 6. The summed E-state index contributed by atoms with van der Waals surface area (Å²) in [6.07, 6.45) is 1.52. The molecule has 5 amide bonds. The molecule has 158 valence electrons. The summed E-state index contributed by atoms with van der Waals surface area (Å²) < 4.78 is 5.16. The molecule has 2 aromatic rings. The third kappa shape index (κ3) is 5.01. The molecule has 1 saturated heterocycles. The van der Waals surface area contributed by atoms with E-state index in [2.05, 4.69) is 16.0 Å². The van der Waals surface area contributed by atoms with Crippen LogP contribution in [-0.2, 0) is 16.1 Å². The van der Waals surface area contributed by atoms with Crippen molar-refractivity contribution < 1.29 is 23.6 Å². The summed E-state index contributed by atoms with van der Waals surface area (Å²) >= 11 is 1.29. The molecule has 0 aliphatic carbocycles. The van der Waals surface area contributed by atoms with Crippen LogP contribution in [0, 0.1) is 0 Å². The number of imide groups is 1. The van der Waals surface area contributed by atoms with Gasteiger partial charge >= 0.3 is 6.03 Å². The van der Waals surface area contributed by atoms with E-state index < -0.39 is 17.5 Å². The van der Waals surface area contributed by atoms with Gasteiger partial charge in [0.25, 0.3) is 11.8 Å². The smallest absolute Gasteiger partial charge is 0.322 e. The molecule has 0 saturated carbocycles. The standard InChI is InChI=1S/C20H22N4O5S/c1-20(18(27)22-19(28)23-20)12-30-15-8-4-3-7-14(15)17(26)24(2)11-16(25)21-10-13-6-5-9-29-13/h3-9H,10-12H2,1-2H3,(H,21,25)(H2,22,23,27,28). The fraction of sp³-hybridized carbons (Fsp3) is 0.300. The third-order valence-electron chi connectivity index (χ3n) is 4.52. The second-order valence-electron chi connectivity index (χ2n) is 7.04. The lowest BCUT2D eigenvalue weighted by atomic mass is 10.1. The van der Waals surface area contributed by atoms with Gasteiger partial charge in [-0.3, -0.25) is 19.7 Å². The Morgan fingerprint density at radius 1 is 1.20 bits per heavy atom. The molecular weight excluding hydrogens is 408 g/mol. The van der Waals surface area contributed by atoms with E-state index in [0.29, 0.717) is 16.2 Å². The van der Waals surface area contributed by atoms with Crippen molar-refractivity contribution in [3.05, 3.63) is 54.0 Å². The zero-order valence-corrected chi connectivity index (χ0v) is 17.4. The van der Waals surface area contributed by atoms with E-state index in [4.69, 9.17) is 4.42 Å². The van der Waals surface area contributed by atoms with Crippen molar-refractivity contribution in [1.29, 1.82) is 0 Å². The average molecular weight is 430 g/mol. The number of amides is 5. The van der Waals surface area contributed by atoms with Gasteiger partial charge in [-0.05, 0) is 31.2 Å². The van der Waals surface area contributed by atoms with Crippen molar-refractivity contribution in [1.82, 2.24) is 20.9 Å². The van der Waals surface area contributed by atoms with Crippen LogP contribution in [0.5, 0.6) is 0 Å². The lowest BCUT2D eigenvalue weighted by molar-refractivity contribution is -0.123. The highest BCUT2D eigenvalue weighted by molar-refractivity contribution is 7.99. The van der Waals surface area contributed by atoms with E-state index in [1.807, 2.05) is 0 Å². The maximum Gasteiger partial charge on any atom is 0.322 e. The molecule has 2 heterocycles. The van der Waals surface area contributed by atoms with Crippen LogP contribution in [0.25, 0.3) is 0 Å². The van der Waals surface area contributed by atoms with Crippen LogP contribution in [0.4, 0.5) is 4.79 Å². The van der Waals surface area contributed by atoms with Gasteiger partial charge in [0.2, 0.25) is 5.91 Å². The number of carbonyl (C=O) groups excluding carboxylic acids is 4. The van der Waals surface area contributed by atoms with Crippen molar-refractivity contribution in [2.45, 2.75) is 23.9 Å². The molecule has 10 heteroatoms. The second kappa shape index (κ2) is 9.04. The summed E-state index contributed by atoms with van der Waals surface area (Å²) in [6, 6.07) is 9.88. The number of furan rings is 1. The van der Waals surface area contributed by atoms with E-state index in [1.165, 1.54) is 22.9 Å². The Hall–Kier alpha value is -3.27. The summed E-state index contributed by atoms with van der Waals surface area (Å²) in [5.74, 6) is -0.173. The summed E-state index contributed by atoms with van der Waals surface area (Å²) in [4.78, 5) is 50.4. The van der Waals surface area contributed by atoms with Gasteiger partial charge in [0.1, 0.15) is 11.3 Å². The fourth-order valence-corrected chi connectivity index (χ4v) is 3.95. The van der Waals surface area contributed by atoms with Crippen molar-refractivity contribution in [2.24, 2.45) is 0 Å². The molecule has 1 unspecified atom stereocenters. The number of nitrogens with zero attached hydrogens (tertiary/aromatic N) is 1. The minimum absolute atomic E-state index is 0.116. The first-order valence-corrected chi connectivity index (χ1v) is 10.2. The quantitative estimate of drug-likeness (QED) is 0.430. The van der Waals surface area contributed by atoms with Gasteiger partial charge in [-0.1, -0.05) is 12.1 Å². The van der Waals surface area contributed by atoms with E-state index >= 15 is 0 Å². The normalized spacial score (nSPS) is 17.9. The molecule has 1 aromatic carbocycles. The Morgan fingerprint density at radius 3 is 2.63 bits per heavy atom. The summed E-state index contributed by atoms with van der Waals surface area (Å²) in [5, 5.41) is 7.51. The first kappa shape index (κ1) is 21.4. The van der Waals surface area contributed by atoms with Gasteiger partial charge in [0.15, 0.2) is 0 Å². The lowest BCUT2D eigenvalue weighted by Gasteiger charge is -2.22. The predicted molar refractivity (Wildman–Crippen MR) is 110 cm³/mol. The Labute approximate surface area is 177 Å². The van der Waals surface area contributed by atoms with Gasteiger partial charge in [0.05, 0.1) is 24.9 Å². The molecule has 9 nitrogen and oxygen atoms in total. The molecule has 0 spiro atoms. The highest BCUT2D eigenvalue weighted by Crippen LogP contribution is 2.28. The number of hydrogen-bond donors (Lipinski definition) is 3. The zero-order valence-electron chi connectivity index (χ0n) is 16.6. The molecule has 30 heavy (non-hydrogen) atoms. The molecule has 3 rings (SSSR count). The van der Waals surface area contributed by atoms with Gasteiger partial charge in [-0.25, -0.2) is 4.79 Å². The highest BCUT2D eigenvalue weighted by Gasteiger charge is 2.42. The van der Waals surface area contributed by atoms with Crippen LogP contribution in [0.15, 0.2) is 52.0 Å². The lowest BCUT2D eigenvalue weighted by Crippen LogP contribution is -2.46. The first-order chi connectivity index (χ1) is 14.3. The van der Waals surface area contributed by atoms with Crippen LogP contribution < -0.4 is 16.0 Å². The molecule has 1 aliphatic heterocycles. The molecule has 0 radical (unpaired) electrons. The maximum absolute atomic E-state index is 12.9. The molecule has 3 N–H and O–H groups in total. The zero-order chi connectivity index (χ0) is 21.7. The van der Waals surface area contributed by atoms with Gasteiger partial charge in [-0.15, -0.1) is 11.8 Å².